The zero-order valence-electron chi connectivity index (χ0n) is 17.5. The number of hydrogen-bond acceptors (Lipinski definition) is 4. The molecule has 0 amide bonds. The third-order valence-corrected chi connectivity index (χ3v) is 6.43. The van der Waals surface area contributed by atoms with Gasteiger partial charge in [0, 0.05) is 4.88 Å². The van der Waals surface area contributed by atoms with Crippen molar-refractivity contribution in [3.05, 3.63) is 51.4 Å². The normalized spacial score (nSPS) is 12.9. The zero-order valence-corrected chi connectivity index (χ0v) is 19.1. The van der Waals surface area contributed by atoms with E-state index in [0.717, 1.165) is 28.3 Å². The lowest BCUT2D eigenvalue weighted by atomic mass is 9.96. The van der Waals surface area contributed by atoms with Crippen LogP contribution in [0.25, 0.3) is 0 Å². The molecule has 1 aromatic carbocycles. The summed E-state index contributed by atoms with van der Waals surface area (Å²) in [6.45, 7) is 10.6. The highest BCUT2D eigenvalue weighted by molar-refractivity contribution is 7.80. The number of anilines is 1. The molecule has 1 aromatic heterocycles. The van der Waals surface area contributed by atoms with Gasteiger partial charge in [-0.1, -0.05) is 45.0 Å². The molecule has 2 N–H and O–H groups in total. The summed E-state index contributed by atoms with van der Waals surface area (Å²) in [5.41, 5.74) is 4.11. The molecule has 0 radical (unpaired) electrons. The number of carbonyl (C=O) groups excluding carboxylic acids is 1. The Kier molecular flexibility index (Phi) is 8.01. The van der Waals surface area contributed by atoms with Gasteiger partial charge in [0.1, 0.15) is 5.00 Å². The Morgan fingerprint density at radius 3 is 2.32 bits per heavy atom. The highest BCUT2D eigenvalue weighted by atomic mass is 32.1. The van der Waals surface area contributed by atoms with Gasteiger partial charge in [-0.2, -0.15) is 0 Å². The predicted molar refractivity (Wildman–Crippen MR) is 123 cm³/mol. The summed E-state index contributed by atoms with van der Waals surface area (Å²) < 4.78 is 4.97. The zero-order chi connectivity index (χ0) is 20.8. The molecule has 2 rings (SSSR count). The molecule has 28 heavy (non-hydrogen) atoms. The van der Waals surface area contributed by atoms with E-state index in [9.17, 15) is 4.79 Å². The van der Waals surface area contributed by atoms with Crippen molar-refractivity contribution >= 4 is 39.6 Å². The van der Waals surface area contributed by atoms with Crippen molar-refractivity contribution in [3.8, 4) is 0 Å². The summed E-state index contributed by atoms with van der Waals surface area (Å²) in [6, 6.07) is 8.71. The van der Waals surface area contributed by atoms with Crippen LogP contribution in [-0.4, -0.2) is 18.2 Å². The lowest BCUT2D eigenvalue weighted by Gasteiger charge is -2.18. The fraction of sp³-hybridized carbons (Fsp3) is 0.455. The molecular formula is C22H30N2O2S2. The maximum absolute atomic E-state index is 12.2. The lowest BCUT2D eigenvalue weighted by Crippen LogP contribution is -2.31. The van der Waals surface area contributed by atoms with E-state index in [0.29, 0.717) is 16.6 Å². The van der Waals surface area contributed by atoms with E-state index >= 15 is 0 Å². The summed E-state index contributed by atoms with van der Waals surface area (Å²) in [5, 5.41) is 7.74. The minimum atomic E-state index is -0.333. The van der Waals surface area contributed by atoms with E-state index in [1.54, 1.807) is 0 Å². The Hall–Kier alpha value is -1.92. The van der Waals surface area contributed by atoms with E-state index in [2.05, 4.69) is 55.7 Å². The molecule has 4 nitrogen and oxygen atoms in total. The van der Waals surface area contributed by atoms with Gasteiger partial charge in [-0.05, 0) is 61.5 Å². The van der Waals surface area contributed by atoms with Crippen LogP contribution in [0.2, 0.25) is 0 Å². The second kappa shape index (κ2) is 10.0. The van der Waals surface area contributed by atoms with Gasteiger partial charge in [0.2, 0.25) is 0 Å². The third kappa shape index (κ3) is 5.11. The van der Waals surface area contributed by atoms with Crippen LogP contribution in [0.1, 0.15) is 78.0 Å². The molecule has 0 aliphatic rings. The monoisotopic (exact) mass is 418 g/mol. The van der Waals surface area contributed by atoms with Crippen LogP contribution in [0.4, 0.5) is 5.00 Å². The van der Waals surface area contributed by atoms with Crippen LogP contribution in [0.5, 0.6) is 0 Å². The van der Waals surface area contributed by atoms with E-state index in [1.165, 1.54) is 29.6 Å². The Balaban J connectivity index is 2.11. The largest absolute Gasteiger partial charge is 0.465 e. The molecule has 6 heteroatoms. The molecular weight excluding hydrogens is 388 g/mol. The maximum Gasteiger partial charge on any atom is 0.341 e. The molecule has 0 fully saturated rings. The Bertz CT molecular complexity index is 828. The quantitative estimate of drug-likeness (QED) is 0.429. The van der Waals surface area contributed by atoms with E-state index in [4.69, 9.17) is 17.0 Å². The molecule has 152 valence electrons. The van der Waals surface area contributed by atoms with Gasteiger partial charge >= 0.3 is 5.97 Å². The SMILES string of the molecule is CCc1c(C)sc(NC(=S)NC(C)c2ccc(C(C)CC)cc2)c1C(=O)OC. The number of methoxy groups -OCH3 is 1. The van der Waals surface area contributed by atoms with E-state index in [-0.39, 0.29) is 12.0 Å². The first-order chi connectivity index (χ1) is 13.3. The standard InChI is InChI=1S/C22H30N2O2S2/c1-7-13(3)16-9-11-17(12-10-16)14(4)23-22(27)24-20-19(21(25)26-6)18(8-2)15(5)28-20/h9-14H,7-8H2,1-6H3,(H2,23,24,27). The second-order valence-electron chi connectivity index (χ2n) is 6.98. The second-order valence-corrected chi connectivity index (χ2v) is 8.62. The van der Waals surface area contributed by atoms with Crippen LogP contribution in [0, 0.1) is 6.92 Å². The van der Waals surface area contributed by atoms with Crippen molar-refractivity contribution in [2.24, 2.45) is 0 Å². The summed E-state index contributed by atoms with van der Waals surface area (Å²) >= 11 is 7.03. The van der Waals surface area contributed by atoms with Crippen molar-refractivity contribution in [2.75, 3.05) is 12.4 Å². The number of benzene rings is 1. The predicted octanol–water partition coefficient (Wildman–Crippen LogP) is 5.97. The Morgan fingerprint density at radius 1 is 1.18 bits per heavy atom. The summed E-state index contributed by atoms with van der Waals surface area (Å²) in [5.74, 6) is 0.229. The van der Waals surface area contributed by atoms with Crippen LogP contribution in [0.15, 0.2) is 24.3 Å². The maximum atomic E-state index is 12.2. The number of ether oxygens (including phenoxy) is 1. The minimum Gasteiger partial charge on any atom is -0.465 e. The summed E-state index contributed by atoms with van der Waals surface area (Å²) in [7, 11) is 1.40. The van der Waals surface area contributed by atoms with E-state index in [1.807, 2.05) is 13.8 Å². The molecule has 0 bridgehead atoms. The van der Waals surface area contributed by atoms with Gasteiger partial charge in [-0.25, -0.2) is 4.79 Å². The molecule has 0 spiro atoms. The van der Waals surface area contributed by atoms with Crippen LogP contribution >= 0.6 is 23.6 Å². The number of esters is 1. The number of hydrogen-bond donors (Lipinski definition) is 2. The molecule has 1 heterocycles. The van der Waals surface area contributed by atoms with Gasteiger partial charge in [0.15, 0.2) is 5.11 Å². The molecule has 0 aliphatic carbocycles. The van der Waals surface area contributed by atoms with E-state index < -0.39 is 0 Å². The van der Waals surface area contributed by atoms with Crippen molar-refractivity contribution in [2.45, 2.75) is 59.4 Å². The van der Waals surface area contributed by atoms with Gasteiger partial charge in [0.25, 0.3) is 0 Å². The fourth-order valence-electron chi connectivity index (χ4n) is 3.18. The molecule has 0 saturated heterocycles. The third-order valence-electron chi connectivity index (χ3n) is 5.14. The number of thiocarbonyl (C=S) groups is 1. The lowest BCUT2D eigenvalue weighted by molar-refractivity contribution is 0.0601. The Morgan fingerprint density at radius 2 is 1.79 bits per heavy atom. The first kappa shape index (κ1) is 22.4. The van der Waals surface area contributed by atoms with Crippen LogP contribution in [0.3, 0.4) is 0 Å². The highest BCUT2D eigenvalue weighted by Gasteiger charge is 2.22. The number of nitrogens with one attached hydrogen (secondary N) is 2. The molecule has 2 aromatic rings. The van der Waals surface area contributed by atoms with Crippen molar-refractivity contribution in [1.29, 1.82) is 0 Å². The van der Waals surface area contributed by atoms with Gasteiger partial charge < -0.3 is 15.4 Å². The summed E-state index contributed by atoms with van der Waals surface area (Å²) in [4.78, 5) is 13.3. The van der Waals surface area contributed by atoms with Crippen molar-refractivity contribution in [1.82, 2.24) is 5.32 Å². The first-order valence-electron chi connectivity index (χ1n) is 9.70. The average molecular weight is 419 g/mol. The Labute approximate surface area is 177 Å². The van der Waals surface area contributed by atoms with Gasteiger partial charge in [-0.3, -0.25) is 0 Å². The molecule has 2 atom stereocenters. The van der Waals surface area contributed by atoms with Crippen molar-refractivity contribution < 1.29 is 9.53 Å². The first-order valence-corrected chi connectivity index (χ1v) is 10.9. The summed E-state index contributed by atoms with van der Waals surface area (Å²) in [6.07, 6.45) is 1.90. The smallest absolute Gasteiger partial charge is 0.341 e. The fourth-order valence-corrected chi connectivity index (χ4v) is 4.66. The van der Waals surface area contributed by atoms with Crippen molar-refractivity contribution in [3.63, 3.8) is 0 Å². The minimum absolute atomic E-state index is 0.0549. The highest BCUT2D eigenvalue weighted by Crippen LogP contribution is 2.34. The van der Waals surface area contributed by atoms with Crippen LogP contribution in [-0.2, 0) is 11.2 Å². The topological polar surface area (TPSA) is 50.4 Å². The van der Waals surface area contributed by atoms with Gasteiger partial charge in [0.05, 0.1) is 18.7 Å². The number of aryl methyl sites for hydroxylation is 1. The number of rotatable bonds is 7. The molecule has 0 aliphatic heterocycles. The number of thiophene rings is 1. The number of carbonyl (C=O) groups is 1. The van der Waals surface area contributed by atoms with Gasteiger partial charge in [-0.15, -0.1) is 11.3 Å². The molecule has 2 unspecified atom stereocenters. The molecule has 0 saturated carbocycles. The average Bonchev–Trinajstić information content (AvgIpc) is 3.01. The van der Waals surface area contributed by atoms with Crippen LogP contribution < -0.4 is 10.6 Å².